The van der Waals surface area contributed by atoms with Crippen molar-refractivity contribution in [1.82, 2.24) is 10.3 Å². The smallest absolute Gasteiger partial charge is 0.280 e. The summed E-state index contributed by atoms with van der Waals surface area (Å²) >= 11 is 0. The molecule has 0 spiro atoms. The molecule has 0 amide bonds. The van der Waals surface area contributed by atoms with E-state index in [9.17, 15) is 14.5 Å². The van der Waals surface area contributed by atoms with Crippen LogP contribution >= 0.6 is 0 Å². The molecule has 7 nitrogen and oxygen atoms in total. The fraction of sp³-hybridized carbons (Fsp3) is 0.308. The van der Waals surface area contributed by atoms with E-state index in [2.05, 4.69) is 10.3 Å². The minimum atomic E-state index is -0.589. The lowest BCUT2D eigenvalue weighted by Crippen LogP contribution is -2.18. The number of methoxy groups -OCH3 is 1. The van der Waals surface area contributed by atoms with E-state index in [4.69, 9.17) is 9.15 Å². The average Bonchev–Trinajstić information content (AvgIpc) is 2.92. The zero-order valence-corrected chi connectivity index (χ0v) is 11.3. The van der Waals surface area contributed by atoms with E-state index in [-0.39, 0.29) is 17.0 Å². The number of rotatable bonds is 7. The maximum atomic E-state index is 13.3. The van der Waals surface area contributed by atoms with Gasteiger partial charge in [-0.15, -0.1) is 0 Å². The minimum absolute atomic E-state index is 0.0654. The Hall–Kier alpha value is -2.32. The first-order chi connectivity index (χ1) is 10.1. The normalized spacial score (nSPS) is 10.8. The van der Waals surface area contributed by atoms with Crippen molar-refractivity contribution in [2.24, 2.45) is 0 Å². The summed E-state index contributed by atoms with van der Waals surface area (Å²) in [6, 6.07) is 3.19. The van der Waals surface area contributed by atoms with Crippen LogP contribution in [0.25, 0.3) is 11.3 Å². The van der Waals surface area contributed by atoms with E-state index < -0.39 is 10.7 Å². The molecule has 1 aromatic carbocycles. The Morgan fingerprint density at radius 1 is 1.52 bits per heavy atom. The Labute approximate surface area is 119 Å². The number of aromatic nitrogens is 1. The number of nitrogens with one attached hydrogen (secondary N) is 1. The molecular weight excluding hydrogens is 281 g/mol. The topological polar surface area (TPSA) is 90.4 Å². The second-order valence-electron chi connectivity index (χ2n) is 4.21. The van der Waals surface area contributed by atoms with Crippen LogP contribution in [0.1, 0.15) is 5.89 Å². The summed E-state index contributed by atoms with van der Waals surface area (Å²) in [5.74, 6) is -0.0591. The maximum Gasteiger partial charge on any atom is 0.280 e. The van der Waals surface area contributed by atoms with Crippen LogP contribution in [0.5, 0.6) is 0 Å². The Balaban J connectivity index is 2.17. The predicted octanol–water partition coefficient (Wildman–Crippen LogP) is 2.12. The second kappa shape index (κ2) is 6.91. The van der Waals surface area contributed by atoms with Gasteiger partial charge in [-0.25, -0.2) is 9.37 Å². The molecule has 1 heterocycles. The second-order valence-corrected chi connectivity index (χ2v) is 4.21. The summed E-state index contributed by atoms with van der Waals surface area (Å²) in [7, 11) is 1.59. The van der Waals surface area contributed by atoms with Crippen LogP contribution < -0.4 is 5.32 Å². The van der Waals surface area contributed by atoms with Crippen molar-refractivity contribution in [2.75, 3.05) is 20.3 Å². The maximum absolute atomic E-state index is 13.3. The van der Waals surface area contributed by atoms with E-state index in [0.717, 1.165) is 18.2 Å². The van der Waals surface area contributed by atoms with Gasteiger partial charge in [-0.1, -0.05) is 0 Å². The van der Waals surface area contributed by atoms with Gasteiger partial charge in [0.05, 0.1) is 29.8 Å². The predicted molar refractivity (Wildman–Crippen MR) is 72.1 cm³/mol. The van der Waals surface area contributed by atoms with E-state index >= 15 is 0 Å². The van der Waals surface area contributed by atoms with Crippen LogP contribution in [-0.4, -0.2) is 30.2 Å². The number of hydrogen-bond donors (Lipinski definition) is 1. The highest BCUT2D eigenvalue weighted by Crippen LogP contribution is 2.30. The van der Waals surface area contributed by atoms with Crippen LogP contribution in [0.4, 0.5) is 10.1 Å². The van der Waals surface area contributed by atoms with Crippen molar-refractivity contribution in [3.8, 4) is 11.3 Å². The Morgan fingerprint density at radius 3 is 3.05 bits per heavy atom. The van der Waals surface area contributed by atoms with Gasteiger partial charge in [0.15, 0.2) is 5.76 Å². The van der Waals surface area contributed by atoms with Gasteiger partial charge in [0.25, 0.3) is 5.69 Å². The van der Waals surface area contributed by atoms with Gasteiger partial charge in [-0.2, -0.15) is 0 Å². The summed E-state index contributed by atoms with van der Waals surface area (Å²) in [5.41, 5.74) is -0.165. The van der Waals surface area contributed by atoms with Crippen molar-refractivity contribution in [1.29, 1.82) is 0 Å². The Bertz CT molecular complexity index is 630. The summed E-state index contributed by atoms with van der Waals surface area (Å²) < 4.78 is 23.6. The lowest BCUT2D eigenvalue weighted by Gasteiger charge is -2.01. The molecule has 0 aliphatic carbocycles. The molecule has 0 aliphatic heterocycles. The summed E-state index contributed by atoms with van der Waals surface area (Å²) in [4.78, 5) is 14.4. The van der Waals surface area contributed by atoms with Gasteiger partial charge in [0, 0.05) is 19.7 Å². The lowest BCUT2D eigenvalue weighted by atomic mass is 10.1. The van der Waals surface area contributed by atoms with Crippen molar-refractivity contribution in [3.05, 3.63) is 46.2 Å². The largest absolute Gasteiger partial charge is 0.439 e. The zero-order chi connectivity index (χ0) is 15.2. The van der Waals surface area contributed by atoms with Gasteiger partial charge >= 0.3 is 0 Å². The standard InChI is InChI=1S/C13H14FN3O4/c1-20-5-4-15-8-13-16-7-12(21-13)10-6-9(14)2-3-11(10)17(18)19/h2-3,6-7,15H,4-5,8H2,1H3. The molecule has 8 heteroatoms. The number of oxazole rings is 1. The van der Waals surface area contributed by atoms with E-state index in [1.165, 1.54) is 6.20 Å². The van der Waals surface area contributed by atoms with Crippen molar-refractivity contribution in [3.63, 3.8) is 0 Å². The van der Waals surface area contributed by atoms with Gasteiger partial charge in [-0.05, 0) is 12.1 Å². The highest BCUT2D eigenvalue weighted by molar-refractivity contribution is 5.68. The summed E-state index contributed by atoms with van der Waals surface area (Å²) in [6.45, 7) is 1.52. The number of hydrogen-bond acceptors (Lipinski definition) is 6. The highest BCUT2D eigenvalue weighted by Gasteiger charge is 2.19. The first-order valence-corrected chi connectivity index (χ1v) is 6.20. The third kappa shape index (κ3) is 3.83. The van der Waals surface area contributed by atoms with Crippen LogP contribution in [0.3, 0.4) is 0 Å². The third-order valence-electron chi connectivity index (χ3n) is 2.73. The van der Waals surface area contributed by atoms with Gasteiger partial charge < -0.3 is 14.5 Å². The van der Waals surface area contributed by atoms with E-state index in [0.29, 0.717) is 25.6 Å². The SMILES string of the molecule is COCCNCc1ncc(-c2cc(F)ccc2[N+](=O)[O-])o1. The molecule has 1 N–H and O–H groups in total. The number of nitro groups is 1. The van der Waals surface area contributed by atoms with Crippen LogP contribution in [0.2, 0.25) is 0 Å². The van der Waals surface area contributed by atoms with Crippen LogP contribution in [0, 0.1) is 15.9 Å². The molecular formula is C13H14FN3O4. The average molecular weight is 295 g/mol. The van der Waals surface area contributed by atoms with Crippen LogP contribution in [-0.2, 0) is 11.3 Å². The number of nitrogens with zero attached hydrogens (tertiary/aromatic N) is 2. The molecule has 21 heavy (non-hydrogen) atoms. The van der Waals surface area contributed by atoms with E-state index in [1.807, 2.05) is 0 Å². The molecule has 2 aromatic rings. The van der Waals surface area contributed by atoms with E-state index in [1.54, 1.807) is 7.11 Å². The molecule has 0 aliphatic rings. The molecule has 0 atom stereocenters. The van der Waals surface area contributed by atoms with Crippen molar-refractivity contribution < 1.29 is 18.5 Å². The fourth-order valence-corrected chi connectivity index (χ4v) is 1.75. The number of benzene rings is 1. The molecule has 2 rings (SSSR count). The number of halogens is 1. The molecule has 0 unspecified atom stereocenters. The molecule has 0 saturated heterocycles. The molecule has 0 bridgehead atoms. The lowest BCUT2D eigenvalue weighted by molar-refractivity contribution is -0.384. The number of nitro benzene ring substituents is 1. The monoisotopic (exact) mass is 295 g/mol. The Morgan fingerprint density at radius 2 is 2.33 bits per heavy atom. The zero-order valence-electron chi connectivity index (χ0n) is 11.3. The summed E-state index contributed by atoms with van der Waals surface area (Å²) in [5, 5.41) is 14.0. The fourth-order valence-electron chi connectivity index (χ4n) is 1.75. The first-order valence-electron chi connectivity index (χ1n) is 6.20. The molecule has 112 valence electrons. The molecule has 1 aromatic heterocycles. The quantitative estimate of drug-likeness (QED) is 0.478. The molecule has 0 saturated carbocycles. The third-order valence-corrected chi connectivity index (χ3v) is 2.73. The Kier molecular flexibility index (Phi) is 4.96. The van der Waals surface area contributed by atoms with Gasteiger partial charge in [-0.3, -0.25) is 10.1 Å². The summed E-state index contributed by atoms with van der Waals surface area (Å²) in [6.07, 6.45) is 1.34. The van der Waals surface area contributed by atoms with Crippen molar-refractivity contribution in [2.45, 2.75) is 6.54 Å². The van der Waals surface area contributed by atoms with Gasteiger partial charge in [0.1, 0.15) is 5.82 Å². The number of ether oxygens (including phenoxy) is 1. The minimum Gasteiger partial charge on any atom is -0.439 e. The molecule has 0 fully saturated rings. The van der Waals surface area contributed by atoms with Crippen LogP contribution in [0.15, 0.2) is 28.8 Å². The van der Waals surface area contributed by atoms with Crippen molar-refractivity contribution >= 4 is 5.69 Å². The molecule has 0 radical (unpaired) electrons. The highest BCUT2D eigenvalue weighted by atomic mass is 19.1. The van der Waals surface area contributed by atoms with Gasteiger partial charge in [0.2, 0.25) is 5.89 Å². The first kappa shape index (κ1) is 15.1.